The highest BCUT2D eigenvalue weighted by atomic mass is 16.6. The van der Waals surface area contributed by atoms with Crippen LogP contribution in [0.3, 0.4) is 0 Å². The second-order valence-corrected chi connectivity index (χ2v) is 8.58. The predicted octanol–water partition coefficient (Wildman–Crippen LogP) is 3.64. The fourth-order valence-corrected chi connectivity index (χ4v) is 3.56. The molecular formula is C23H45N3O3. The molecule has 170 valence electrons. The summed E-state index contributed by atoms with van der Waals surface area (Å²) in [7, 11) is 0. The topological polar surface area (TPSA) is 74.0 Å². The highest BCUT2D eigenvalue weighted by Crippen LogP contribution is 2.15. The molecule has 0 aromatic carbocycles. The third kappa shape index (κ3) is 12.9. The monoisotopic (exact) mass is 411 g/mol. The molecule has 0 radical (unpaired) electrons. The fourth-order valence-electron chi connectivity index (χ4n) is 3.56. The zero-order chi connectivity index (χ0) is 21.5. The molecule has 2 amide bonds. The molecule has 29 heavy (non-hydrogen) atoms. The molecular weight excluding hydrogens is 366 g/mol. The second-order valence-electron chi connectivity index (χ2n) is 8.58. The summed E-state index contributed by atoms with van der Waals surface area (Å²) in [4.78, 5) is 26.5. The lowest BCUT2D eigenvalue weighted by Gasteiger charge is -2.34. The summed E-state index contributed by atoms with van der Waals surface area (Å²) < 4.78 is 5.43. The first-order valence-corrected chi connectivity index (χ1v) is 11.9. The van der Waals surface area contributed by atoms with Gasteiger partial charge in [0.15, 0.2) is 0 Å². The van der Waals surface area contributed by atoms with Crippen molar-refractivity contribution >= 4 is 11.8 Å². The Morgan fingerprint density at radius 3 is 1.69 bits per heavy atom. The second kappa shape index (κ2) is 15.7. The van der Waals surface area contributed by atoms with E-state index >= 15 is 0 Å². The normalized spacial score (nSPS) is 17.8. The van der Waals surface area contributed by atoms with Gasteiger partial charge in [0.25, 0.3) is 0 Å². The lowest BCUT2D eigenvalue weighted by molar-refractivity contribution is -0.121. The summed E-state index contributed by atoms with van der Waals surface area (Å²) in [5.74, 6) is 0.284. The summed E-state index contributed by atoms with van der Waals surface area (Å²) in [5.41, 5.74) is 0. The zero-order valence-electron chi connectivity index (χ0n) is 19.3. The van der Waals surface area contributed by atoms with Crippen LogP contribution in [0.1, 0.15) is 91.9 Å². The maximum absolute atomic E-state index is 12.1. The number of nitrogens with zero attached hydrogens (tertiary/aromatic N) is 1. The van der Waals surface area contributed by atoms with Crippen molar-refractivity contribution in [2.45, 2.75) is 110 Å². The van der Waals surface area contributed by atoms with E-state index in [4.69, 9.17) is 4.74 Å². The first kappa shape index (κ1) is 25.9. The van der Waals surface area contributed by atoms with Gasteiger partial charge in [-0.15, -0.1) is 0 Å². The lowest BCUT2D eigenvalue weighted by Crippen LogP contribution is -2.51. The number of carbonyl (C=O) groups is 2. The van der Waals surface area contributed by atoms with Gasteiger partial charge in [0.1, 0.15) is 0 Å². The van der Waals surface area contributed by atoms with Crippen LogP contribution in [0.5, 0.6) is 0 Å². The van der Waals surface area contributed by atoms with Crippen LogP contribution >= 0.6 is 0 Å². The SMILES string of the molecule is CCCCCCC(=O)NCC(C)N(CC1CO1)C(C)CNC(=O)CCCCCC. The van der Waals surface area contributed by atoms with E-state index in [1.54, 1.807) is 0 Å². The summed E-state index contributed by atoms with van der Waals surface area (Å²) >= 11 is 0. The van der Waals surface area contributed by atoms with E-state index in [2.05, 4.69) is 43.2 Å². The molecule has 6 heteroatoms. The van der Waals surface area contributed by atoms with E-state index < -0.39 is 0 Å². The first-order valence-electron chi connectivity index (χ1n) is 11.9. The van der Waals surface area contributed by atoms with Crippen molar-refractivity contribution in [1.82, 2.24) is 15.5 Å². The Morgan fingerprint density at radius 2 is 1.31 bits per heavy atom. The zero-order valence-corrected chi connectivity index (χ0v) is 19.3. The number of rotatable bonds is 18. The Kier molecular flexibility index (Phi) is 14.0. The molecule has 6 nitrogen and oxygen atoms in total. The van der Waals surface area contributed by atoms with Gasteiger partial charge in [0.2, 0.25) is 11.8 Å². The van der Waals surface area contributed by atoms with Gasteiger partial charge in [0.05, 0.1) is 12.7 Å². The number of hydrogen-bond acceptors (Lipinski definition) is 4. The van der Waals surface area contributed by atoms with Crippen LogP contribution in [0.4, 0.5) is 0 Å². The van der Waals surface area contributed by atoms with Crippen molar-refractivity contribution < 1.29 is 14.3 Å². The van der Waals surface area contributed by atoms with Crippen LogP contribution in [0.2, 0.25) is 0 Å². The molecule has 1 rings (SSSR count). The van der Waals surface area contributed by atoms with Gasteiger partial charge in [-0.3, -0.25) is 14.5 Å². The van der Waals surface area contributed by atoms with Crippen LogP contribution in [-0.2, 0) is 14.3 Å². The largest absolute Gasteiger partial charge is 0.372 e. The van der Waals surface area contributed by atoms with E-state index in [9.17, 15) is 9.59 Å². The third-order valence-corrected chi connectivity index (χ3v) is 5.65. The number of carbonyl (C=O) groups excluding carboxylic acids is 2. The van der Waals surface area contributed by atoms with Crippen molar-refractivity contribution in [3.8, 4) is 0 Å². The fraction of sp³-hybridized carbons (Fsp3) is 0.913. The molecule has 1 heterocycles. The van der Waals surface area contributed by atoms with Crippen molar-refractivity contribution in [2.24, 2.45) is 0 Å². The molecule has 1 aliphatic rings. The number of amides is 2. The predicted molar refractivity (Wildman–Crippen MR) is 119 cm³/mol. The molecule has 0 bridgehead atoms. The minimum absolute atomic E-state index is 0.142. The van der Waals surface area contributed by atoms with E-state index in [-0.39, 0.29) is 30.0 Å². The van der Waals surface area contributed by atoms with Crippen molar-refractivity contribution in [1.29, 1.82) is 0 Å². The average molecular weight is 412 g/mol. The molecule has 0 aromatic rings. The minimum Gasteiger partial charge on any atom is -0.372 e. The van der Waals surface area contributed by atoms with Gasteiger partial charge in [-0.2, -0.15) is 0 Å². The molecule has 3 unspecified atom stereocenters. The van der Waals surface area contributed by atoms with Gasteiger partial charge >= 0.3 is 0 Å². The maximum atomic E-state index is 12.1. The van der Waals surface area contributed by atoms with Gasteiger partial charge in [-0.1, -0.05) is 52.4 Å². The minimum atomic E-state index is 0.142. The van der Waals surface area contributed by atoms with Crippen LogP contribution in [0.25, 0.3) is 0 Å². The summed E-state index contributed by atoms with van der Waals surface area (Å²) in [6.45, 7) is 11.6. The Hall–Kier alpha value is -1.14. The molecule has 0 aromatic heterocycles. The molecule has 3 atom stereocenters. The standard InChI is InChI=1S/C23H45N3O3/c1-5-7-9-11-13-22(27)24-15-19(3)26(17-21-18-29-21)20(4)16-25-23(28)14-12-10-8-6-2/h19-21H,5-18H2,1-4H3,(H,24,27)(H,25,28). The Labute approximate surface area is 178 Å². The van der Waals surface area contributed by atoms with Crippen LogP contribution in [0, 0.1) is 0 Å². The number of epoxide rings is 1. The highest BCUT2D eigenvalue weighted by Gasteiger charge is 2.30. The molecule has 1 fully saturated rings. The Balaban J connectivity index is 2.34. The van der Waals surface area contributed by atoms with Gasteiger partial charge in [-0.25, -0.2) is 0 Å². The van der Waals surface area contributed by atoms with Crippen LogP contribution < -0.4 is 10.6 Å². The van der Waals surface area contributed by atoms with E-state index in [0.717, 1.165) is 38.8 Å². The first-order chi connectivity index (χ1) is 14.0. The van der Waals surface area contributed by atoms with Crippen molar-refractivity contribution in [3.05, 3.63) is 0 Å². The average Bonchev–Trinajstić information content (AvgIpc) is 3.53. The molecule has 0 spiro atoms. The van der Waals surface area contributed by atoms with E-state index in [1.807, 2.05) is 0 Å². The lowest BCUT2D eigenvalue weighted by atomic mass is 10.1. The van der Waals surface area contributed by atoms with Crippen molar-refractivity contribution in [3.63, 3.8) is 0 Å². The number of hydrogen-bond donors (Lipinski definition) is 2. The highest BCUT2D eigenvalue weighted by molar-refractivity contribution is 5.76. The van der Waals surface area contributed by atoms with E-state index in [1.165, 1.54) is 25.7 Å². The van der Waals surface area contributed by atoms with E-state index in [0.29, 0.717) is 25.9 Å². The number of nitrogens with one attached hydrogen (secondary N) is 2. The van der Waals surface area contributed by atoms with Gasteiger partial charge in [-0.05, 0) is 26.7 Å². The van der Waals surface area contributed by atoms with Gasteiger partial charge in [0, 0.05) is 44.6 Å². The number of unbranched alkanes of at least 4 members (excludes halogenated alkanes) is 6. The number of ether oxygens (including phenoxy) is 1. The third-order valence-electron chi connectivity index (χ3n) is 5.65. The maximum Gasteiger partial charge on any atom is 0.220 e. The quantitative estimate of drug-likeness (QED) is 0.267. The Morgan fingerprint density at radius 1 is 0.862 bits per heavy atom. The molecule has 1 saturated heterocycles. The summed E-state index contributed by atoms with van der Waals surface area (Å²) in [5, 5.41) is 6.17. The molecule has 0 saturated carbocycles. The van der Waals surface area contributed by atoms with Crippen LogP contribution in [0.15, 0.2) is 0 Å². The molecule has 2 N–H and O–H groups in total. The molecule has 1 aliphatic heterocycles. The van der Waals surface area contributed by atoms with Gasteiger partial charge < -0.3 is 15.4 Å². The van der Waals surface area contributed by atoms with Crippen LogP contribution in [-0.4, -0.2) is 61.1 Å². The van der Waals surface area contributed by atoms with Crippen molar-refractivity contribution in [2.75, 3.05) is 26.2 Å². The summed E-state index contributed by atoms with van der Waals surface area (Å²) in [6.07, 6.45) is 10.5. The smallest absolute Gasteiger partial charge is 0.220 e. The Bertz CT molecular complexity index is 421. The summed E-state index contributed by atoms with van der Waals surface area (Å²) in [6, 6.07) is 0.408. The molecule has 0 aliphatic carbocycles.